The van der Waals surface area contributed by atoms with Crippen molar-refractivity contribution in [1.82, 2.24) is 34.7 Å². The first-order valence-corrected chi connectivity index (χ1v) is 12.4. The van der Waals surface area contributed by atoms with Crippen molar-refractivity contribution in [3.05, 3.63) is 5.82 Å². The molecule has 1 aromatic rings. The van der Waals surface area contributed by atoms with Crippen LogP contribution < -0.4 is 10.5 Å². The van der Waals surface area contributed by atoms with Crippen LogP contribution in [-0.4, -0.2) is 89.2 Å². The van der Waals surface area contributed by atoms with Gasteiger partial charge in [-0.1, -0.05) is 6.92 Å². The van der Waals surface area contributed by atoms with E-state index in [9.17, 15) is 13.2 Å². The predicted molar refractivity (Wildman–Crippen MR) is 111 cm³/mol. The number of carbonyl (C=O) groups excluding carboxylic acids is 1. The van der Waals surface area contributed by atoms with Crippen LogP contribution in [-0.2, 0) is 30.8 Å². The first kappa shape index (κ1) is 22.5. The molecule has 3 heterocycles. The van der Waals surface area contributed by atoms with Crippen molar-refractivity contribution in [3.8, 4) is 0 Å². The van der Waals surface area contributed by atoms with Gasteiger partial charge in [0.25, 0.3) is 10.2 Å². The third kappa shape index (κ3) is 4.46. The van der Waals surface area contributed by atoms with E-state index in [0.717, 1.165) is 12.8 Å². The molecule has 174 valence electrons. The van der Waals surface area contributed by atoms with Crippen molar-refractivity contribution in [2.75, 3.05) is 39.4 Å². The summed E-state index contributed by atoms with van der Waals surface area (Å²) < 4.78 is 32.3. The maximum absolute atomic E-state index is 13.3. The van der Waals surface area contributed by atoms with Crippen LogP contribution in [0.15, 0.2) is 0 Å². The van der Waals surface area contributed by atoms with Gasteiger partial charge in [0.15, 0.2) is 5.82 Å². The van der Waals surface area contributed by atoms with Gasteiger partial charge in [0.05, 0.1) is 30.3 Å². The second-order valence-corrected chi connectivity index (χ2v) is 10.5. The van der Waals surface area contributed by atoms with Crippen LogP contribution in [0, 0.1) is 0 Å². The van der Waals surface area contributed by atoms with Crippen LogP contribution in [0.5, 0.6) is 0 Å². The second kappa shape index (κ2) is 8.35. The second-order valence-electron chi connectivity index (χ2n) is 8.98. The Morgan fingerprint density at radius 1 is 1.19 bits per heavy atom. The number of hydrogen-bond donors (Lipinski definition) is 2. The minimum absolute atomic E-state index is 0.0238. The molecule has 0 aromatic carbocycles. The Hall–Kier alpha value is -1.67. The number of nitrogens with two attached hydrogens (primary N) is 1. The molecule has 3 aliphatic rings. The van der Waals surface area contributed by atoms with Crippen molar-refractivity contribution < 1.29 is 17.9 Å². The molecule has 13 heteroatoms. The number of aromatic nitrogens is 4. The van der Waals surface area contributed by atoms with Crippen LogP contribution in [0.3, 0.4) is 0 Å². The van der Waals surface area contributed by atoms with Gasteiger partial charge in [-0.05, 0) is 49.5 Å². The van der Waals surface area contributed by atoms with E-state index in [1.807, 2.05) is 16.5 Å². The molecule has 0 bridgehead atoms. The Kier molecular flexibility index (Phi) is 6.07. The number of tetrazole rings is 1. The quantitative estimate of drug-likeness (QED) is 0.525. The molecular formula is C18H32N8O4S. The monoisotopic (exact) mass is 456 g/mol. The van der Waals surface area contributed by atoms with E-state index >= 15 is 0 Å². The number of nitrogens with one attached hydrogen (secondary N) is 1. The van der Waals surface area contributed by atoms with E-state index in [-0.39, 0.29) is 24.5 Å². The molecule has 3 N–H and O–H groups in total. The lowest BCUT2D eigenvalue weighted by atomic mass is 9.85. The molecule has 1 saturated carbocycles. The number of nitrogens with zero attached hydrogens (tertiary/aromatic N) is 6. The lowest BCUT2D eigenvalue weighted by Crippen LogP contribution is -2.60. The predicted octanol–water partition coefficient (Wildman–Crippen LogP) is -1.10. The largest absolute Gasteiger partial charge is 0.378 e. The lowest BCUT2D eigenvalue weighted by molar-refractivity contribution is -0.138. The number of piperidine rings is 1. The van der Waals surface area contributed by atoms with Crippen molar-refractivity contribution in [2.45, 2.75) is 63.1 Å². The van der Waals surface area contributed by atoms with Crippen LogP contribution >= 0.6 is 0 Å². The van der Waals surface area contributed by atoms with Gasteiger partial charge in [-0.15, -0.1) is 5.10 Å². The number of hydrogen-bond acceptors (Lipinski definition) is 8. The minimum Gasteiger partial charge on any atom is -0.378 e. The first-order valence-electron chi connectivity index (χ1n) is 10.9. The fourth-order valence-corrected chi connectivity index (χ4v) is 5.16. The molecule has 12 nitrogen and oxygen atoms in total. The summed E-state index contributed by atoms with van der Waals surface area (Å²) in [5.74, 6) is 0.686. The summed E-state index contributed by atoms with van der Waals surface area (Å²) in [6, 6.07) is -0.434. The van der Waals surface area contributed by atoms with Gasteiger partial charge >= 0.3 is 0 Å². The highest BCUT2D eigenvalue weighted by molar-refractivity contribution is 7.86. The summed E-state index contributed by atoms with van der Waals surface area (Å²) in [4.78, 5) is 15.1. The molecule has 3 fully saturated rings. The zero-order chi connectivity index (χ0) is 22.3. The molecule has 4 rings (SSSR count). The number of rotatable bonds is 7. The summed E-state index contributed by atoms with van der Waals surface area (Å²) in [6.45, 7) is 6.75. The van der Waals surface area contributed by atoms with Crippen LogP contribution in [0.1, 0.15) is 51.8 Å². The van der Waals surface area contributed by atoms with Crippen LogP contribution in [0.25, 0.3) is 0 Å². The third-order valence-electron chi connectivity index (χ3n) is 6.80. The molecule has 31 heavy (non-hydrogen) atoms. The summed E-state index contributed by atoms with van der Waals surface area (Å²) in [5.41, 5.74) is -0.862. The van der Waals surface area contributed by atoms with E-state index in [1.54, 1.807) is 0 Å². The summed E-state index contributed by atoms with van der Waals surface area (Å²) in [5, 5.41) is 21.5. The number of amides is 1. The Balaban J connectivity index is 1.63. The smallest absolute Gasteiger partial charge is 0.276 e. The molecular weight excluding hydrogens is 424 g/mol. The molecule has 1 amide bonds. The van der Waals surface area contributed by atoms with Crippen LogP contribution in [0.4, 0.5) is 0 Å². The average Bonchev–Trinajstić information content (AvgIpc) is 3.30. The average molecular weight is 457 g/mol. The lowest BCUT2D eigenvalue weighted by Gasteiger charge is -2.43. The molecule has 2 aliphatic heterocycles. The van der Waals surface area contributed by atoms with Gasteiger partial charge in [0.1, 0.15) is 0 Å². The van der Waals surface area contributed by atoms with E-state index < -0.39 is 21.8 Å². The van der Waals surface area contributed by atoms with E-state index in [1.165, 1.54) is 4.31 Å². The molecule has 0 radical (unpaired) electrons. The number of morpholine rings is 1. The molecule has 1 aliphatic carbocycles. The van der Waals surface area contributed by atoms with Crippen molar-refractivity contribution >= 4 is 16.1 Å². The van der Waals surface area contributed by atoms with Crippen molar-refractivity contribution in [3.63, 3.8) is 0 Å². The molecule has 1 atom stereocenters. The van der Waals surface area contributed by atoms with Crippen molar-refractivity contribution in [1.29, 1.82) is 0 Å². The highest BCUT2D eigenvalue weighted by Crippen LogP contribution is 2.45. The highest BCUT2D eigenvalue weighted by Gasteiger charge is 2.50. The Morgan fingerprint density at radius 2 is 1.84 bits per heavy atom. The zero-order valence-corrected chi connectivity index (χ0v) is 19.0. The van der Waals surface area contributed by atoms with Gasteiger partial charge < -0.3 is 9.64 Å². The maximum Gasteiger partial charge on any atom is 0.276 e. The molecule has 0 spiro atoms. The fourth-order valence-electron chi connectivity index (χ4n) is 4.47. The van der Waals surface area contributed by atoms with E-state index in [2.05, 4.69) is 27.8 Å². The van der Waals surface area contributed by atoms with Gasteiger partial charge in [0, 0.05) is 26.2 Å². The normalized spacial score (nSPS) is 24.7. The zero-order valence-electron chi connectivity index (χ0n) is 18.2. The van der Waals surface area contributed by atoms with Gasteiger partial charge in [0.2, 0.25) is 5.91 Å². The number of ether oxygens (including phenoxy) is 1. The van der Waals surface area contributed by atoms with E-state index in [4.69, 9.17) is 9.88 Å². The first-order chi connectivity index (χ1) is 14.7. The van der Waals surface area contributed by atoms with Gasteiger partial charge in [-0.2, -0.15) is 12.7 Å². The summed E-state index contributed by atoms with van der Waals surface area (Å²) in [6.07, 6.45) is 3.40. The summed E-state index contributed by atoms with van der Waals surface area (Å²) >= 11 is 0. The molecule has 0 unspecified atom stereocenters. The minimum atomic E-state index is -3.78. The molecule has 2 saturated heterocycles. The summed E-state index contributed by atoms with van der Waals surface area (Å²) in [7, 11) is -3.78. The Morgan fingerprint density at radius 3 is 2.39 bits per heavy atom. The fraction of sp³-hybridized carbons (Fsp3) is 0.889. The highest BCUT2D eigenvalue weighted by atomic mass is 32.2. The van der Waals surface area contributed by atoms with E-state index in [0.29, 0.717) is 51.4 Å². The topological polar surface area (TPSA) is 149 Å². The van der Waals surface area contributed by atoms with Gasteiger partial charge in [-0.3, -0.25) is 10.1 Å². The number of carbonyl (C=O) groups is 1. The Bertz CT molecular complexity index is 901. The van der Waals surface area contributed by atoms with Crippen molar-refractivity contribution in [2.24, 2.45) is 5.14 Å². The maximum atomic E-state index is 13.3. The molecule has 1 aromatic heterocycles. The Labute approximate surface area is 182 Å². The SMILES string of the molecule is CC[C@H](NC1(c2nnnn2C2(C)CC2)CCN(S(N)(=O)=O)CC1)C(=O)N1CCOCC1. The van der Waals surface area contributed by atoms with Gasteiger partial charge in [-0.25, -0.2) is 9.82 Å². The third-order valence-corrected chi connectivity index (χ3v) is 7.88. The standard InChI is InChI=1S/C18H32N8O4S/c1-3-14(15(27)24-10-12-30-13-11-24)20-18(6-8-25(9-7-18)31(19,28)29)16-21-22-23-26(16)17(2)4-5-17/h14,20H,3-13H2,1-2H3,(H2,19,28,29)/t14-/m0/s1. The van der Waals surface area contributed by atoms with Crippen LogP contribution in [0.2, 0.25) is 0 Å².